The number of hydrogen-bond donors (Lipinski definition) is 0. The number of rotatable bonds is 28. The van der Waals surface area contributed by atoms with E-state index in [1.165, 1.54) is 135 Å². The molecule has 1 rings (SSSR count). The van der Waals surface area contributed by atoms with Gasteiger partial charge in [-0.05, 0) is 88.8 Å². The molecule has 43 heavy (non-hydrogen) atoms. The number of hydrogen-bond acceptors (Lipinski definition) is 3. The van der Waals surface area contributed by atoms with Crippen molar-refractivity contribution in [3.63, 3.8) is 0 Å². The summed E-state index contributed by atoms with van der Waals surface area (Å²) in [5, 5.41) is 0. The zero-order valence-electron chi connectivity index (χ0n) is 29.3. The van der Waals surface area contributed by atoms with Crippen LogP contribution in [0, 0.1) is 17.8 Å². The lowest BCUT2D eigenvalue weighted by molar-refractivity contribution is -0.145. The number of ether oxygens (including phenoxy) is 1. The molecule has 0 amide bonds. The van der Waals surface area contributed by atoms with E-state index in [1.54, 1.807) is 0 Å². The first-order valence-electron chi connectivity index (χ1n) is 18.9. The first-order valence-corrected chi connectivity index (χ1v) is 18.9. The quantitative estimate of drug-likeness (QED) is 0.0388. The molecule has 0 saturated carbocycles. The van der Waals surface area contributed by atoms with Gasteiger partial charge in [-0.1, -0.05) is 148 Å². The van der Waals surface area contributed by atoms with E-state index in [1.807, 2.05) is 0 Å². The summed E-state index contributed by atoms with van der Waals surface area (Å²) >= 11 is 0. The van der Waals surface area contributed by atoms with Crippen LogP contribution >= 0.6 is 0 Å². The van der Waals surface area contributed by atoms with Gasteiger partial charge in [-0.2, -0.15) is 0 Å². The van der Waals surface area contributed by atoms with E-state index in [-0.39, 0.29) is 5.97 Å². The molecule has 1 aliphatic heterocycles. The van der Waals surface area contributed by atoms with Gasteiger partial charge in [0.25, 0.3) is 0 Å². The second kappa shape index (κ2) is 29.4. The van der Waals surface area contributed by atoms with E-state index < -0.39 is 0 Å². The molecule has 3 nitrogen and oxygen atoms in total. The predicted molar refractivity (Wildman–Crippen MR) is 190 cm³/mol. The van der Waals surface area contributed by atoms with Gasteiger partial charge in [0.05, 0.1) is 6.61 Å². The smallest absolute Gasteiger partial charge is 0.305 e. The number of unbranched alkanes of at least 4 members (excludes halogenated alkanes) is 11. The third kappa shape index (κ3) is 25.7. The van der Waals surface area contributed by atoms with Crippen molar-refractivity contribution in [1.82, 2.24) is 4.90 Å². The van der Waals surface area contributed by atoms with Gasteiger partial charge >= 0.3 is 5.97 Å². The van der Waals surface area contributed by atoms with Gasteiger partial charge in [0.1, 0.15) is 0 Å². The van der Waals surface area contributed by atoms with E-state index in [4.69, 9.17) is 4.74 Å². The fourth-order valence-corrected chi connectivity index (χ4v) is 5.90. The lowest BCUT2D eigenvalue weighted by atomic mass is 9.91. The van der Waals surface area contributed by atoms with Crippen molar-refractivity contribution >= 4 is 5.97 Å². The molecule has 1 fully saturated rings. The third-order valence-corrected chi connectivity index (χ3v) is 9.45. The highest BCUT2D eigenvalue weighted by Gasteiger charge is 2.14. The molecule has 1 aliphatic rings. The van der Waals surface area contributed by atoms with Crippen molar-refractivity contribution in [1.29, 1.82) is 0 Å². The molecule has 0 aliphatic carbocycles. The van der Waals surface area contributed by atoms with Gasteiger partial charge < -0.3 is 9.64 Å². The summed E-state index contributed by atoms with van der Waals surface area (Å²) in [6.07, 6.45) is 41.8. The summed E-state index contributed by atoms with van der Waals surface area (Å²) in [6, 6.07) is 0. The molecular formula is C40H73NO2. The standard InChI is InChI=1S/C40H73NO2/c1-5-6-7-8-9-10-11-12-13-14-15-16-17-20-24-29-39(32-35-41-33-27-23-28-34-41)30-25-21-18-19-22-26-31-40(42)43-36-38(4)37(2)3/h7-10,12-13,37-39H,5-6,11,14-36H2,1-4H3/b8-7+,10-9-,13-12-. The number of likely N-dealkylation sites (tertiary alicyclic amines) is 1. The molecular weight excluding hydrogens is 526 g/mol. The Morgan fingerprint density at radius 1 is 0.698 bits per heavy atom. The van der Waals surface area contributed by atoms with Crippen molar-refractivity contribution in [2.24, 2.45) is 17.8 Å². The Balaban J connectivity index is 2.13. The Bertz CT molecular complexity index is 703. The summed E-state index contributed by atoms with van der Waals surface area (Å²) in [7, 11) is 0. The van der Waals surface area contributed by atoms with Crippen LogP contribution in [-0.2, 0) is 9.53 Å². The van der Waals surface area contributed by atoms with Crippen LogP contribution in [0.4, 0.5) is 0 Å². The van der Waals surface area contributed by atoms with Crippen LogP contribution in [0.15, 0.2) is 36.5 Å². The van der Waals surface area contributed by atoms with Crippen molar-refractivity contribution in [2.45, 2.75) is 169 Å². The lowest BCUT2D eigenvalue weighted by Gasteiger charge is -2.28. The lowest BCUT2D eigenvalue weighted by Crippen LogP contribution is -2.31. The summed E-state index contributed by atoms with van der Waals surface area (Å²) in [4.78, 5) is 14.7. The van der Waals surface area contributed by atoms with Crippen molar-refractivity contribution in [3.05, 3.63) is 36.5 Å². The summed E-state index contributed by atoms with van der Waals surface area (Å²) < 4.78 is 5.45. The highest BCUT2D eigenvalue weighted by Crippen LogP contribution is 2.23. The average molecular weight is 600 g/mol. The molecule has 0 spiro atoms. The van der Waals surface area contributed by atoms with E-state index in [2.05, 4.69) is 69.1 Å². The monoisotopic (exact) mass is 600 g/mol. The zero-order chi connectivity index (χ0) is 31.2. The van der Waals surface area contributed by atoms with Gasteiger partial charge in [0.2, 0.25) is 0 Å². The molecule has 1 heterocycles. The van der Waals surface area contributed by atoms with Gasteiger partial charge in [0.15, 0.2) is 0 Å². The number of esters is 1. The minimum atomic E-state index is -0.00427. The number of carbonyl (C=O) groups is 1. The fraction of sp³-hybridized carbons (Fsp3) is 0.825. The van der Waals surface area contributed by atoms with Crippen LogP contribution in [0.25, 0.3) is 0 Å². The molecule has 0 bridgehead atoms. The van der Waals surface area contributed by atoms with Crippen LogP contribution < -0.4 is 0 Å². The van der Waals surface area contributed by atoms with Gasteiger partial charge in [-0.3, -0.25) is 4.79 Å². The normalized spacial score (nSPS) is 16.2. The molecule has 0 radical (unpaired) electrons. The molecule has 0 aromatic carbocycles. The molecule has 2 atom stereocenters. The molecule has 3 heteroatoms. The summed E-state index contributed by atoms with van der Waals surface area (Å²) in [5.41, 5.74) is 0. The van der Waals surface area contributed by atoms with Crippen LogP contribution in [-0.4, -0.2) is 37.1 Å². The zero-order valence-corrected chi connectivity index (χ0v) is 29.3. The second-order valence-electron chi connectivity index (χ2n) is 13.8. The van der Waals surface area contributed by atoms with Crippen molar-refractivity contribution < 1.29 is 9.53 Å². The van der Waals surface area contributed by atoms with Crippen molar-refractivity contribution in [3.8, 4) is 0 Å². The number of allylic oxidation sites excluding steroid dienone is 6. The first-order chi connectivity index (χ1) is 21.0. The first kappa shape index (κ1) is 39.7. The Labute approximate surface area is 269 Å². The summed E-state index contributed by atoms with van der Waals surface area (Å²) in [6.45, 7) is 13.3. The molecule has 0 aromatic heterocycles. The van der Waals surface area contributed by atoms with Crippen LogP contribution in [0.1, 0.15) is 169 Å². The Hall–Kier alpha value is -1.35. The minimum Gasteiger partial charge on any atom is -0.465 e. The molecule has 1 saturated heterocycles. The predicted octanol–water partition coefficient (Wildman–Crippen LogP) is 12.0. The average Bonchev–Trinajstić information content (AvgIpc) is 3.01. The molecule has 0 N–H and O–H groups in total. The van der Waals surface area contributed by atoms with Crippen LogP contribution in [0.3, 0.4) is 0 Å². The molecule has 2 unspecified atom stereocenters. The van der Waals surface area contributed by atoms with Crippen LogP contribution in [0.5, 0.6) is 0 Å². The summed E-state index contributed by atoms with van der Waals surface area (Å²) in [5.74, 6) is 1.92. The Morgan fingerprint density at radius 2 is 1.33 bits per heavy atom. The van der Waals surface area contributed by atoms with E-state index in [9.17, 15) is 4.79 Å². The third-order valence-electron chi connectivity index (χ3n) is 9.45. The SMILES string of the molecule is CCC/C=C/C=C\C/C=C\CCCCCCCC(CCCCCCCCC(=O)OCC(C)C(C)C)CCN1CCCCC1. The Kier molecular flexibility index (Phi) is 27.1. The number of carbonyl (C=O) groups excluding carboxylic acids is 1. The van der Waals surface area contributed by atoms with E-state index in [0.29, 0.717) is 24.9 Å². The Morgan fingerprint density at radius 3 is 2.00 bits per heavy atom. The van der Waals surface area contributed by atoms with Gasteiger partial charge in [0, 0.05) is 6.42 Å². The number of nitrogens with zero attached hydrogens (tertiary/aromatic N) is 1. The minimum absolute atomic E-state index is 0.00427. The van der Waals surface area contributed by atoms with Gasteiger partial charge in [-0.25, -0.2) is 0 Å². The van der Waals surface area contributed by atoms with E-state index >= 15 is 0 Å². The molecule has 0 aromatic rings. The second-order valence-corrected chi connectivity index (χ2v) is 13.8. The maximum atomic E-state index is 12.0. The van der Waals surface area contributed by atoms with Crippen LogP contribution in [0.2, 0.25) is 0 Å². The highest BCUT2D eigenvalue weighted by molar-refractivity contribution is 5.69. The molecule has 250 valence electrons. The maximum Gasteiger partial charge on any atom is 0.305 e. The highest BCUT2D eigenvalue weighted by atomic mass is 16.5. The van der Waals surface area contributed by atoms with Gasteiger partial charge in [-0.15, -0.1) is 0 Å². The van der Waals surface area contributed by atoms with Crippen molar-refractivity contribution in [2.75, 3.05) is 26.2 Å². The fourth-order valence-electron chi connectivity index (χ4n) is 5.90. The largest absolute Gasteiger partial charge is 0.465 e. The van der Waals surface area contributed by atoms with E-state index in [0.717, 1.165) is 25.2 Å². The number of piperidine rings is 1. The maximum absolute atomic E-state index is 12.0. The topological polar surface area (TPSA) is 29.5 Å².